The van der Waals surface area contributed by atoms with Crippen LogP contribution in [0.1, 0.15) is 40.0 Å². The molecular weight excluding hydrogens is 248 g/mol. The number of hydrogen-bond acceptors (Lipinski definition) is 4. The average Bonchev–Trinajstić information content (AvgIpc) is 3.08. The van der Waals surface area contributed by atoms with Crippen molar-refractivity contribution in [2.75, 3.05) is 6.54 Å². The third-order valence-corrected chi connectivity index (χ3v) is 4.21. The number of aryl methyl sites for hydroxylation is 1. The van der Waals surface area contributed by atoms with Crippen molar-refractivity contribution in [1.82, 2.24) is 10.1 Å². The van der Waals surface area contributed by atoms with E-state index in [4.69, 9.17) is 4.52 Å². The Labute approximate surface area is 109 Å². The highest BCUT2D eigenvalue weighted by Crippen LogP contribution is 2.35. The fourth-order valence-electron chi connectivity index (χ4n) is 2.40. The summed E-state index contributed by atoms with van der Waals surface area (Å²) in [6.45, 7) is 2.60. The number of rotatable bonds is 2. The SMILES string of the molecule is Cc1cc(C(=O)N2CCC[C@H]2c2cccs2)no1. The molecule has 3 rings (SSSR count). The first-order valence-electron chi connectivity index (χ1n) is 6.03. The molecule has 1 fully saturated rings. The number of carbonyl (C=O) groups is 1. The molecule has 3 heterocycles. The van der Waals surface area contributed by atoms with Gasteiger partial charge in [0.05, 0.1) is 6.04 Å². The molecule has 94 valence electrons. The topological polar surface area (TPSA) is 46.3 Å². The normalized spacial score (nSPS) is 19.4. The zero-order valence-corrected chi connectivity index (χ0v) is 10.9. The lowest BCUT2D eigenvalue weighted by Crippen LogP contribution is -2.30. The molecule has 0 spiro atoms. The Balaban J connectivity index is 1.85. The van der Waals surface area contributed by atoms with Crippen molar-refractivity contribution in [3.05, 3.63) is 39.9 Å². The predicted molar refractivity (Wildman–Crippen MR) is 68.6 cm³/mol. The van der Waals surface area contributed by atoms with Crippen LogP contribution >= 0.6 is 11.3 Å². The van der Waals surface area contributed by atoms with Gasteiger partial charge < -0.3 is 9.42 Å². The number of amides is 1. The van der Waals surface area contributed by atoms with Gasteiger partial charge in [0.25, 0.3) is 5.91 Å². The second-order valence-corrected chi connectivity index (χ2v) is 5.47. The van der Waals surface area contributed by atoms with E-state index in [1.54, 1.807) is 24.3 Å². The molecule has 0 aliphatic carbocycles. The molecular formula is C13H14N2O2S. The zero-order valence-electron chi connectivity index (χ0n) is 10.1. The fourth-order valence-corrected chi connectivity index (χ4v) is 3.27. The van der Waals surface area contributed by atoms with E-state index in [0.717, 1.165) is 19.4 Å². The van der Waals surface area contributed by atoms with E-state index in [1.165, 1.54) is 4.88 Å². The van der Waals surface area contributed by atoms with Crippen LogP contribution in [0.3, 0.4) is 0 Å². The van der Waals surface area contributed by atoms with Gasteiger partial charge in [-0.25, -0.2) is 0 Å². The van der Waals surface area contributed by atoms with Crippen molar-refractivity contribution in [1.29, 1.82) is 0 Å². The maximum atomic E-state index is 12.4. The maximum absolute atomic E-state index is 12.4. The van der Waals surface area contributed by atoms with E-state index in [-0.39, 0.29) is 11.9 Å². The summed E-state index contributed by atoms with van der Waals surface area (Å²) >= 11 is 1.70. The number of thiophene rings is 1. The zero-order chi connectivity index (χ0) is 12.5. The lowest BCUT2D eigenvalue weighted by Gasteiger charge is -2.22. The van der Waals surface area contributed by atoms with E-state index >= 15 is 0 Å². The summed E-state index contributed by atoms with van der Waals surface area (Å²) in [6, 6.07) is 6.03. The van der Waals surface area contributed by atoms with Crippen LogP contribution in [0.4, 0.5) is 0 Å². The molecule has 1 aliphatic heterocycles. The Morgan fingerprint density at radius 3 is 3.17 bits per heavy atom. The van der Waals surface area contributed by atoms with E-state index in [9.17, 15) is 4.79 Å². The molecule has 1 amide bonds. The predicted octanol–water partition coefficient (Wildman–Crippen LogP) is 3.02. The first-order chi connectivity index (χ1) is 8.75. The molecule has 0 bridgehead atoms. The monoisotopic (exact) mass is 262 g/mol. The second kappa shape index (κ2) is 4.57. The van der Waals surface area contributed by atoms with Crippen molar-refractivity contribution in [2.24, 2.45) is 0 Å². The van der Waals surface area contributed by atoms with Gasteiger partial charge >= 0.3 is 0 Å². The van der Waals surface area contributed by atoms with E-state index in [2.05, 4.69) is 16.6 Å². The highest BCUT2D eigenvalue weighted by molar-refractivity contribution is 7.10. The van der Waals surface area contributed by atoms with E-state index in [1.807, 2.05) is 11.0 Å². The third kappa shape index (κ3) is 1.95. The van der Waals surface area contributed by atoms with Crippen molar-refractivity contribution in [3.63, 3.8) is 0 Å². The lowest BCUT2D eigenvalue weighted by atomic mass is 10.2. The average molecular weight is 262 g/mol. The summed E-state index contributed by atoms with van der Waals surface area (Å²) in [6.07, 6.45) is 2.08. The standard InChI is InChI=1S/C13H14N2O2S/c1-9-8-10(14-17-9)13(16)15-6-2-4-11(15)12-5-3-7-18-12/h3,5,7-8,11H,2,4,6H2,1H3/t11-/m0/s1. The number of carbonyl (C=O) groups excluding carboxylic acids is 1. The summed E-state index contributed by atoms with van der Waals surface area (Å²) in [4.78, 5) is 15.5. The number of hydrogen-bond donors (Lipinski definition) is 0. The number of aromatic nitrogens is 1. The highest BCUT2D eigenvalue weighted by atomic mass is 32.1. The van der Waals surface area contributed by atoms with Crippen LogP contribution in [-0.4, -0.2) is 22.5 Å². The molecule has 4 nitrogen and oxygen atoms in total. The number of likely N-dealkylation sites (tertiary alicyclic amines) is 1. The van der Waals surface area contributed by atoms with Gasteiger partial charge in [0, 0.05) is 17.5 Å². The molecule has 2 aromatic rings. The van der Waals surface area contributed by atoms with Gasteiger partial charge in [-0.15, -0.1) is 11.3 Å². The van der Waals surface area contributed by atoms with Gasteiger partial charge in [-0.3, -0.25) is 4.79 Å². The fraction of sp³-hybridized carbons (Fsp3) is 0.385. The Morgan fingerprint density at radius 1 is 1.61 bits per heavy atom. The van der Waals surface area contributed by atoms with Crippen LogP contribution in [-0.2, 0) is 0 Å². The Hall–Kier alpha value is -1.62. The van der Waals surface area contributed by atoms with Crippen LogP contribution in [0.25, 0.3) is 0 Å². The molecule has 0 radical (unpaired) electrons. The molecule has 1 aliphatic rings. The first-order valence-corrected chi connectivity index (χ1v) is 6.91. The highest BCUT2D eigenvalue weighted by Gasteiger charge is 2.32. The van der Waals surface area contributed by atoms with Crippen molar-refractivity contribution < 1.29 is 9.32 Å². The van der Waals surface area contributed by atoms with Gasteiger partial charge in [0.1, 0.15) is 5.76 Å². The summed E-state index contributed by atoms with van der Waals surface area (Å²) in [5.41, 5.74) is 0.413. The maximum Gasteiger partial charge on any atom is 0.276 e. The molecule has 0 saturated carbocycles. The number of nitrogens with zero attached hydrogens (tertiary/aromatic N) is 2. The van der Waals surface area contributed by atoms with Crippen LogP contribution in [0.15, 0.2) is 28.1 Å². The van der Waals surface area contributed by atoms with Gasteiger partial charge in [-0.1, -0.05) is 11.2 Å². The first kappa shape index (κ1) is 11.5. The molecule has 0 unspecified atom stereocenters. The van der Waals surface area contributed by atoms with Gasteiger partial charge in [0.2, 0.25) is 0 Å². The lowest BCUT2D eigenvalue weighted by molar-refractivity contribution is 0.0727. The van der Waals surface area contributed by atoms with Crippen LogP contribution < -0.4 is 0 Å². The molecule has 1 saturated heterocycles. The van der Waals surface area contributed by atoms with Gasteiger partial charge in [-0.2, -0.15) is 0 Å². The van der Waals surface area contributed by atoms with Crippen LogP contribution in [0.5, 0.6) is 0 Å². The summed E-state index contributed by atoms with van der Waals surface area (Å²) in [5.74, 6) is 0.646. The smallest absolute Gasteiger partial charge is 0.276 e. The second-order valence-electron chi connectivity index (χ2n) is 4.49. The molecule has 0 N–H and O–H groups in total. The quantitative estimate of drug-likeness (QED) is 0.835. The van der Waals surface area contributed by atoms with Gasteiger partial charge in [-0.05, 0) is 31.2 Å². The minimum atomic E-state index is -0.0252. The van der Waals surface area contributed by atoms with E-state index < -0.39 is 0 Å². The van der Waals surface area contributed by atoms with Crippen molar-refractivity contribution in [3.8, 4) is 0 Å². The Kier molecular flexibility index (Phi) is 2.91. The molecule has 2 aromatic heterocycles. The molecule has 5 heteroatoms. The van der Waals surface area contributed by atoms with E-state index in [0.29, 0.717) is 11.5 Å². The molecule has 1 atom stereocenters. The summed E-state index contributed by atoms with van der Waals surface area (Å²) < 4.78 is 4.98. The molecule has 18 heavy (non-hydrogen) atoms. The minimum absolute atomic E-state index is 0.0252. The van der Waals surface area contributed by atoms with Crippen molar-refractivity contribution in [2.45, 2.75) is 25.8 Å². The Bertz CT molecular complexity index is 547. The summed E-state index contributed by atoms with van der Waals surface area (Å²) in [5, 5.41) is 5.87. The third-order valence-electron chi connectivity index (χ3n) is 3.23. The Morgan fingerprint density at radius 2 is 2.50 bits per heavy atom. The van der Waals surface area contributed by atoms with Crippen LogP contribution in [0, 0.1) is 6.92 Å². The summed E-state index contributed by atoms with van der Waals surface area (Å²) in [7, 11) is 0. The minimum Gasteiger partial charge on any atom is -0.361 e. The largest absolute Gasteiger partial charge is 0.361 e. The van der Waals surface area contributed by atoms with Crippen molar-refractivity contribution >= 4 is 17.2 Å². The van der Waals surface area contributed by atoms with Gasteiger partial charge in [0.15, 0.2) is 5.69 Å². The molecule has 0 aromatic carbocycles. The van der Waals surface area contributed by atoms with Crippen LogP contribution in [0.2, 0.25) is 0 Å².